The van der Waals surface area contributed by atoms with E-state index in [9.17, 15) is 9.59 Å². The number of fused-ring (bicyclic) bond motifs is 1. The highest BCUT2D eigenvalue weighted by molar-refractivity contribution is 6.03. The summed E-state index contributed by atoms with van der Waals surface area (Å²) in [6.07, 6.45) is 1.48. The molecule has 24 heavy (non-hydrogen) atoms. The SMILES string of the molecule is COC(=O)c1c(N)c2cnc(C)nc2n(-c2ccc(N)cc2)c1=O. The first-order valence-corrected chi connectivity index (χ1v) is 7.06. The van der Waals surface area contributed by atoms with Gasteiger partial charge < -0.3 is 16.2 Å². The third-order valence-electron chi connectivity index (χ3n) is 3.62. The number of nitrogens with two attached hydrogens (primary N) is 2. The summed E-state index contributed by atoms with van der Waals surface area (Å²) in [5.41, 5.74) is 12.2. The van der Waals surface area contributed by atoms with Gasteiger partial charge in [0.2, 0.25) is 0 Å². The molecule has 0 atom stereocenters. The number of esters is 1. The Morgan fingerprint density at radius 2 is 1.88 bits per heavy atom. The summed E-state index contributed by atoms with van der Waals surface area (Å²) in [6.45, 7) is 1.70. The molecule has 0 bridgehead atoms. The average molecular weight is 325 g/mol. The summed E-state index contributed by atoms with van der Waals surface area (Å²) in [4.78, 5) is 33.3. The molecule has 0 radical (unpaired) electrons. The quantitative estimate of drug-likeness (QED) is 0.532. The number of carbonyl (C=O) groups is 1. The number of aryl methyl sites for hydroxylation is 1. The third kappa shape index (κ3) is 2.34. The zero-order valence-electron chi connectivity index (χ0n) is 13.1. The van der Waals surface area contributed by atoms with Gasteiger partial charge in [-0.2, -0.15) is 0 Å². The highest BCUT2D eigenvalue weighted by atomic mass is 16.5. The minimum absolute atomic E-state index is 0.00598. The molecular formula is C16H15N5O3. The molecule has 4 N–H and O–H groups in total. The largest absolute Gasteiger partial charge is 0.465 e. The topological polar surface area (TPSA) is 126 Å². The molecule has 2 aromatic heterocycles. The molecule has 122 valence electrons. The van der Waals surface area contributed by atoms with Crippen molar-refractivity contribution in [3.63, 3.8) is 0 Å². The van der Waals surface area contributed by atoms with E-state index in [-0.39, 0.29) is 11.3 Å². The van der Waals surface area contributed by atoms with E-state index < -0.39 is 11.5 Å². The second kappa shape index (κ2) is 5.65. The van der Waals surface area contributed by atoms with Crippen LogP contribution in [-0.4, -0.2) is 27.6 Å². The van der Waals surface area contributed by atoms with Crippen LogP contribution in [0.2, 0.25) is 0 Å². The van der Waals surface area contributed by atoms with Crippen LogP contribution >= 0.6 is 0 Å². The van der Waals surface area contributed by atoms with Gasteiger partial charge in [0.25, 0.3) is 5.56 Å². The fourth-order valence-electron chi connectivity index (χ4n) is 2.44. The van der Waals surface area contributed by atoms with Gasteiger partial charge in [-0.15, -0.1) is 0 Å². The van der Waals surface area contributed by atoms with Crippen molar-refractivity contribution in [2.24, 2.45) is 0 Å². The van der Waals surface area contributed by atoms with Crippen LogP contribution in [-0.2, 0) is 4.74 Å². The van der Waals surface area contributed by atoms with Gasteiger partial charge in [0.15, 0.2) is 5.65 Å². The predicted molar refractivity (Wildman–Crippen MR) is 90.0 cm³/mol. The van der Waals surface area contributed by atoms with E-state index in [4.69, 9.17) is 11.5 Å². The lowest BCUT2D eigenvalue weighted by atomic mass is 10.1. The van der Waals surface area contributed by atoms with E-state index in [1.807, 2.05) is 0 Å². The van der Waals surface area contributed by atoms with Gasteiger partial charge in [-0.1, -0.05) is 0 Å². The maximum Gasteiger partial charge on any atom is 0.345 e. The standard InChI is InChI=1S/C16H15N5O3/c1-8-19-7-11-13(18)12(16(23)24-2)15(22)21(14(11)20-8)10-5-3-9(17)4-6-10/h3-7H,17-18H2,1-2H3. The number of methoxy groups -OCH3 is 1. The number of hydrogen-bond acceptors (Lipinski definition) is 7. The van der Waals surface area contributed by atoms with Gasteiger partial charge in [-0.3, -0.25) is 9.36 Å². The molecule has 3 rings (SSSR count). The molecule has 0 amide bonds. The molecule has 0 saturated carbocycles. The maximum absolute atomic E-state index is 12.9. The van der Waals surface area contributed by atoms with Crippen LogP contribution in [0, 0.1) is 6.92 Å². The van der Waals surface area contributed by atoms with E-state index in [2.05, 4.69) is 14.7 Å². The van der Waals surface area contributed by atoms with Gasteiger partial charge in [-0.05, 0) is 31.2 Å². The number of nitrogens with zero attached hydrogens (tertiary/aromatic N) is 3. The Morgan fingerprint density at radius 1 is 1.21 bits per heavy atom. The Bertz CT molecular complexity index is 1010. The molecule has 2 heterocycles. The van der Waals surface area contributed by atoms with Crippen LogP contribution in [0.5, 0.6) is 0 Å². The monoisotopic (exact) mass is 325 g/mol. The van der Waals surface area contributed by atoms with Crippen molar-refractivity contribution in [3.8, 4) is 5.69 Å². The van der Waals surface area contributed by atoms with Crippen LogP contribution in [0.4, 0.5) is 11.4 Å². The Balaban J connectivity index is 2.50. The van der Waals surface area contributed by atoms with E-state index in [1.54, 1.807) is 31.2 Å². The first-order chi connectivity index (χ1) is 11.4. The Morgan fingerprint density at radius 3 is 2.50 bits per heavy atom. The first-order valence-electron chi connectivity index (χ1n) is 7.06. The van der Waals surface area contributed by atoms with Crippen molar-refractivity contribution in [1.29, 1.82) is 0 Å². The number of nitrogen functional groups attached to an aromatic ring is 2. The van der Waals surface area contributed by atoms with Crippen LogP contribution in [0.15, 0.2) is 35.3 Å². The molecule has 0 spiro atoms. The molecule has 0 fully saturated rings. The Hall–Kier alpha value is -3.42. The fraction of sp³-hybridized carbons (Fsp3) is 0.125. The molecule has 0 unspecified atom stereocenters. The minimum atomic E-state index is -0.816. The van der Waals surface area contributed by atoms with Crippen LogP contribution in [0.1, 0.15) is 16.2 Å². The Labute approximate surface area is 136 Å². The van der Waals surface area contributed by atoms with Gasteiger partial charge in [0.1, 0.15) is 11.4 Å². The lowest BCUT2D eigenvalue weighted by Gasteiger charge is -2.14. The number of benzene rings is 1. The van der Waals surface area contributed by atoms with Crippen molar-refractivity contribution in [3.05, 3.63) is 52.2 Å². The van der Waals surface area contributed by atoms with Gasteiger partial charge in [0.05, 0.1) is 23.9 Å². The molecule has 0 aliphatic rings. The first kappa shape index (κ1) is 15.5. The average Bonchev–Trinajstić information content (AvgIpc) is 2.56. The van der Waals surface area contributed by atoms with Gasteiger partial charge >= 0.3 is 5.97 Å². The van der Waals surface area contributed by atoms with Gasteiger partial charge in [0, 0.05) is 11.9 Å². The summed E-state index contributed by atoms with van der Waals surface area (Å²) in [6, 6.07) is 6.61. The van der Waals surface area contributed by atoms with Crippen molar-refractivity contribution in [2.45, 2.75) is 6.92 Å². The summed E-state index contributed by atoms with van der Waals surface area (Å²) in [7, 11) is 1.19. The van der Waals surface area contributed by atoms with E-state index in [0.29, 0.717) is 28.2 Å². The zero-order chi connectivity index (χ0) is 17.4. The van der Waals surface area contributed by atoms with Crippen molar-refractivity contribution < 1.29 is 9.53 Å². The summed E-state index contributed by atoms with van der Waals surface area (Å²) < 4.78 is 5.99. The van der Waals surface area contributed by atoms with Crippen molar-refractivity contribution in [1.82, 2.24) is 14.5 Å². The molecular weight excluding hydrogens is 310 g/mol. The summed E-state index contributed by atoms with van der Waals surface area (Å²) >= 11 is 0. The number of aromatic nitrogens is 3. The highest BCUT2D eigenvalue weighted by Crippen LogP contribution is 2.23. The molecule has 0 saturated heterocycles. The summed E-state index contributed by atoms with van der Waals surface area (Å²) in [5.74, 6) is -0.347. The van der Waals surface area contributed by atoms with E-state index in [1.165, 1.54) is 17.9 Å². The molecule has 0 aliphatic carbocycles. The molecule has 3 aromatic rings. The predicted octanol–water partition coefficient (Wildman–Crippen LogP) is 1.04. The lowest BCUT2D eigenvalue weighted by molar-refractivity contribution is 0.0600. The molecule has 8 heteroatoms. The molecule has 8 nitrogen and oxygen atoms in total. The molecule has 0 aliphatic heterocycles. The number of ether oxygens (including phenoxy) is 1. The van der Waals surface area contributed by atoms with Crippen LogP contribution in [0.3, 0.4) is 0 Å². The Kier molecular flexibility index (Phi) is 3.64. The smallest absolute Gasteiger partial charge is 0.345 e. The number of carbonyl (C=O) groups excluding carboxylic acids is 1. The normalized spacial score (nSPS) is 10.8. The van der Waals surface area contributed by atoms with Crippen molar-refractivity contribution in [2.75, 3.05) is 18.6 Å². The van der Waals surface area contributed by atoms with Crippen LogP contribution in [0.25, 0.3) is 16.7 Å². The van der Waals surface area contributed by atoms with Crippen molar-refractivity contribution >= 4 is 28.4 Å². The highest BCUT2D eigenvalue weighted by Gasteiger charge is 2.23. The number of hydrogen-bond donors (Lipinski definition) is 2. The third-order valence-corrected chi connectivity index (χ3v) is 3.62. The zero-order valence-corrected chi connectivity index (χ0v) is 13.1. The van der Waals surface area contributed by atoms with E-state index in [0.717, 1.165) is 0 Å². The minimum Gasteiger partial charge on any atom is -0.465 e. The summed E-state index contributed by atoms with van der Waals surface area (Å²) in [5, 5.41) is 0.387. The van der Waals surface area contributed by atoms with E-state index >= 15 is 0 Å². The maximum atomic E-state index is 12.9. The number of rotatable bonds is 2. The number of anilines is 2. The fourth-order valence-corrected chi connectivity index (χ4v) is 2.44. The molecule has 1 aromatic carbocycles. The van der Waals surface area contributed by atoms with Gasteiger partial charge in [-0.25, -0.2) is 14.8 Å². The number of pyridine rings is 1. The van der Waals surface area contributed by atoms with Crippen LogP contribution < -0.4 is 17.0 Å². The second-order valence-corrected chi connectivity index (χ2v) is 5.17. The lowest BCUT2D eigenvalue weighted by Crippen LogP contribution is -2.29. The second-order valence-electron chi connectivity index (χ2n) is 5.17.